The zero-order valence-corrected chi connectivity index (χ0v) is 13.5. The second kappa shape index (κ2) is 4.75. The van der Waals surface area contributed by atoms with Gasteiger partial charge in [-0.2, -0.15) is 0 Å². The Hall–Kier alpha value is -3.02. The maximum atomic E-state index is 14.8. The van der Waals surface area contributed by atoms with Gasteiger partial charge in [0.2, 0.25) is 0 Å². The molecule has 2 aliphatic heterocycles. The van der Waals surface area contributed by atoms with Gasteiger partial charge in [-0.3, -0.25) is 4.98 Å². The van der Waals surface area contributed by atoms with E-state index in [1.807, 2.05) is 37.3 Å². The van der Waals surface area contributed by atoms with Crippen LogP contribution in [0.2, 0.25) is 0 Å². The van der Waals surface area contributed by atoms with Gasteiger partial charge in [0.25, 0.3) is 0 Å². The number of benzene rings is 1. The zero-order chi connectivity index (χ0) is 17.2. The number of aryl methyl sites for hydroxylation is 1. The van der Waals surface area contributed by atoms with E-state index in [0.717, 1.165) is 36.7 Å². The van der Waals surface area contributed by atoms with E-state index in [9.17, 15) is 8.63 Å². The number of allylic oxidation sites excluding steroid dienone is 2. The SMILES string of the molecule is Cc1ccc2cc(C3=C4C=CC=[N+]4[B-](F)(F)n4cccc43)ccc2n1. The summed E-state index contributed by atoms with van der Waals surface area (Å²) in [7, 11) is 0. The molecule has 122 valence electrons. The number of fused-ring (bicyclic) bond motifs is 3. The van der Waals surface area contributed by atoms with Gasteiger partial charge in [0.15, 0.2) is 5.70 Å². The number of halogens is 2. The minimum Gasteiger partial charge on any atom is -0.396 e. The molecule has 2 aliphatic rings. The van der Waals surface area contributed by atoms with Crippen molar-refractivity contribution in [2.45, 2.75) is 6.92 Å². The maximum Gasteiger partial charge on any atom is 0.737 e. The van der Waals surface area contributed by atoms with Crippen LogP contribution in [0.4, 0.5) is 8.63 Å². The van der Waals surface area contributed by atoms with Crippen molar-refractivity contribution in [3.05, 3.63) is 83.5 Å². The van der Waals surface area contributed by atoms with E-state index in [1.54, 1.807) is 24.3 Å². The molecule has 3 aromatic rings. The van der Waals surface area contributed by atoms with E-state index in [-0.39, 0.29) is 0 Å². The zero-order valence-electron chi connectivity index (χ0n) is 13.5. The normalized spacial score (nSPS) is 17.6. The summed E-state index contributed by atoms with van der Waals surface area (Å²) < 4.78 is 31.8. The summed E-state index contributed by atoms with van der Waals surface area (Å²) in [6.07, 6.45) is 6.32. The minimum absolute atomic E-state index is 0.538. The maximum absolute atomic E-state index is 14.8. The molecule has 25 heavy (non-hydrogen) atoms. The highest BCUT2D eigenvalue weighted by Crippen LogP contribution is 2.38. The summed E-state index contributed by atoms with van der Waals surface area (Å²) in [6.45, 7) is -1.90. The third-order valence-electron chi connectivity index (χ3n) is 4.86. The van der Waals surface area contributed by atoms with Crippen LogP contribution in [0.1, 0.15) is 17.0 Å². The number of pyridine rings is 1. The lowest BCUT2D eigenvalue weighted by molar-refractivity contribution is -0.356. The van der Waals surface area contributed by atoms with Crippen LogP contribution in [0.15, 0.2) is 66.5 Å². The fraction of sp³-hybridized carbons (Fsp3) is 0.0526. The van der Waals surface area contributed by atoms with E-state index in [0.29, 0.717) is 11.4 Å². The molecule has 0 saturated carbocycles. The van der Waals surface area contributed by atoms with Crippen molar-refractivity contribution in [3.63, 3.8) is 0 Å². The molecule has 0 aliphatic carbocycles. The Bertz CT molecular complexity index is 1140. The van der Waals surface area contributed by atoms with Gasteiger partial charge >= 0.3 is 6.97 Å². The lowest BCUT2D eigenvalue weighted by Crippen LogP contribution is -2.49. The van der Waals surface area contributed by atoms with E-state index in [1.165, 1.54) is 12.4 Å². The average molecular weight is 333 g/mol. The molecule has 0 fully saturated rings. The Labute approximate surface area is 143 Å². The van der Waals surface area contributed by atoms with Crippen molar-refractivity contribution in [1.82, 2.24) is 9.46 Å². The van der Waals surface area contributed by atoms with Gasteiger partial charge < -0.3 is 17.6 Å². The highest BCUT2D eigenvalue weighted by atomic mass is 19.2. The molecule has 0 saturated heterocycles. The van der Waals surface area contributed by atoms with Crippen molar-refractivity contribution in [1.29, 1.82) is 0 Å². The van der Waals surface area contributed by atoms with Crippen molar-refractivity contribution in [2.75, 3.05) is 0 Å². The Kier molecular flexibility index (Phi) is 2.73. The van der Waals surface area contributed by atoms with Gasteiger partial charge in [-0.05, 0) is 49.0 Å². The first-order valence-electron chi connectivity index (χ1n) is 8.17. The number of hydrogen-bond acceptors (Lipinski definition) is 1. The average Bonchev–Trinajstić information content (AvgIpc) is 3.25. The lowest BCUT2D eigenvalue weighted by Gasteiger charge is -2.30. The first-order chi connectivity index (χ1) is 12.1. The second-order valence-electron chi connectivity index (χ2n) is 6.42. The second-order valence-corrected chi connectivity index (χ2v) is 6.42. The minimum atomic E-state index is -3.86. The van der Waals surface area contributed by atoms with Crippen molar-refractivity contribution in [2.24, 2.45) is 0 Å². The Balaban J connectivity index is 1.80. The first kappa shape index (κ1) is 14.3. The fourth-order valence-electron chi connectivity index (χ4n) is 3.70. The summed E-state index contributed by atoms with van der Waals surface area (Å²) >= 11 is 0. The van der Waals surface area contributed by atoms with Crippen molar-refractivity contribution >= 4 is 29.7 Å². The quantitative estimate of drug-likeness (QED) is 0.617. The Morgan fingerprint density at radius 3 is 2.88 bits per heavy atom. The standard InChI is InChI=1S/C19H14BF2N3/c1-13-6-7-14-12-15(8-9-16(14)23-13)19-17-4-2-10-24(17)20(21,22)25-11-3-5-18(19)25/h2-12H,1H3. The van der Waals surface area contributed by atoms with Crippen LogP contribution in [0, 0.1) is 6.92 Å². The molecule has 2 aromatic heterocycles. The summed E-state index contributed by atoms with van der Waals surface area (Å²) in [4.78, 5) is 4.52. The molecule has 6 heteroatoms. The van der Waals surface area contributed by atoms with Crippen LogP contribution in [-0.4, -0.2) is 27.1 Å². The molecule has 1 aromatic carbocycles. The highest BCUT2D eigenvalue weighted by Gasteiger charge is 2.51. The van der Waals surface area contributed by atoms with Crippen LogP contribution in [0.5, 0.6) is 0 Å². The molecule has 5 rings (SSSR count). The van der Waals surface area contributed by atoms with Gasteiger partial charge in [0.05, 0.1) is 11.1 Å². The molecular formula is C19H14BF2N3. The van der Waals surface area contributed by atoms with Crippen molar-refractivity contribution in [3.8, 4) is 0 Å². The summed E-state index contributed by atoms with van der Waals surface area (Å²) in [5.41, 5.74) is 4.65. The lowest BCUT2D eigenvalue weighted by atomic mass is 9.86. The topological polar surface area (TPSA) is 20.8 Å². The Morgan fingerprint density at radius 2 is 2.00 bits per heavy atom. The summed E-state index contributed by atoms with van der Waals surface area (Å²) in [6, 6.07) is 13.3. The molecule has 3 nitrogen and oxygen atoms in total. The molecule has 4 heterocycles. The molecular weight excluding hydrogens is 319 g/mol. The van der Waals surface area contributed by atoms with Crippen molar-refractivity contribution < 1.29 is 13.1 Å². The molecule has 0 spiro atoms. The number of aromatic nitrogens is 2. The van der Waals surface area contributed by atoms with Gasteiger partial charge in [-0.15, -0.1) is 0 Å². The van der Waals surface area contributed by atoms with Crippen LogP contribution in [-0.2, 0) is 0 Å². The number of nitrogens with zero attached hydrogens (tertiary/aromatic N) is 3. The molecule has 0 atom stereocenters. The third-order valence-corrected chi connectivity index (χ3v) is 4.86. The van der Waals surface area contributed by atoms with Gasteiger partial charge in [0, 0.05) is 28.9 Å². The Morgan fingerprint density at radius 1 is 1.12 bits per heavy atom. The molecule has 0 unspecified atom stereocenters. The van der Waals surface area contributed by atoms with Crippen LogP contribution in [0.3, 0.4) is 0 Å². The summed E-state index contributed by atoms with van der Waals surface area (Å²) in [5, 5.41) is 0.995. The van der Waals surface area contributed by atoms with Crippen LogP contribution in [0.25, 0.3) is 16.5 Å². The molecule has 0 bridgehead atoms. The van der Waals surface area contributed by atoms with E-state index in [2.05, 4.69) is 4.98 Å². The summed E-state index contributed by atoms with van der Waals surface area (Å²) in [5.74, 6) is 0. The fourth-order valence-corrected chi connectivity index (χ4v) is 3.70. The monoisotopic (exact) mass is 333 g/mol. The largest absolute Gasteiger partial charge is 0.737 e. The molecule has 0 radical (unpaired) electrons. The van der Waals surface area contributed by atoms with Gasteiger partial charge in [0.1, 0.15) is 6.21 Å². The van der Waals surface area contributed by atoms with Crippen LogP contribution < -0.4 is 0 Å². The molecule has 0 amide bonds. The van der Waals surface area contributed by atoms with Gasteiger partial charge in [-0.1, -0.05) is 12.1 Å². The van der Waals surface area contributed by atoms with Crippen LogP contribution >= 0.6 is 0 Å². The third kappa shape index (κ3) is 1.91. The molecule has 0 N–H and O–H groups in total. The van der Waals surface area contributed by atoms with E-state index >= 15 is 0 Å². The smallest absolute Gasteiger partial charge is 0.396 e. The first-order valence-corrected chi connectivity index (χ1v) is 8.17. The highest BCUT2D eigenvalue weighted by molar-refractivity contribution is 6.57. The predicted molar refractivity (Wildman–Crippen MR) is 95.8 cm³/mol. The van der Waals surface area contributed by atoms with E-state index < -0.39 is 6.97 Å². The number of rotatable bonds is 1. The number of hydrogen-bond donors (Lipinski definition) is 0. The van der Waals surface area contributed by atoms with E-state index in [4.69, 9.17) is 0 Å². The van der Waals surface area contributed by atoms with Gasteiger partial charge in [-0.25, -0.2) is 0 Å². The predicted octanol–water partition coefficient (Wildman–Crippen LogP) is 3.99.